The van der Waals surface area contributed by atoms with Crippen molar-refractivity contribution in [3.63, 3.8) is 0 Å². The lowest BCUT2D eigenvalue weighted by molar-refractivity contribution is -0.121. The van der Waals surface area contributed by atoms with E-state index in [1.807, 2.05) is 0 Å². The number of hydrogen-bond donors (Lipinski definition) is 1. The van der Waals surface area contributed by atoms with Crippen molar-refractivity contribution < 1.29 is 18.0 Å². The van der Waals surface area contributed by atoms with E-state index in [0.29, 0.717) is 5.56 Å². The molecule has 1 heterocycles. The molecule has 0 aliphatic carbocycles. The number of nitrogens with zero attached hydrogens (tertiary/aromatic N) is 1. The summed E-state index contributed by atoms with van der Waals surface area (Å²) in [7, 11) is 0. The van der Waals surface area contributed by atoms with E-state index >= 15 is 0 Å². The fraction of sp³-hybridized carbons (Fsp3) is 0.125. The summed E-state index contributed by atoms with van der Waals surface area (Å²) in [6.45, 7) is -0.128. The van der Waals surface area contributed by atoms with Crippen molar-refractivity contribution in [2.75, 3.05) is 6.54 Å². The largest absolute Gasteiger partial charge is 0.317 e. The minimum Gasteiger partial charge on any atom is -0.317 e. The topological polar surface area (TPSA) is 41.5 Å². The van der Waals surface area contributed by atoms with Gasteiger partial charge in [0.05, 0.1) is 18.8 Å². The molecule has 3 rings (SSSR count). The van der Waals surface area contributed by atoms with Crippen molar-refractivity contribution in [3.8, 4) is 11.1 Å². The molecule has 1 atom stereocenters. The van der Waals surface area contributed by atoms with Gasteiger partial charge in [-0.15, -0.1) is 0 Å². The molecule has 0 bridgehead atoms. The zero-order chi connectivity index (χ0) is 15.7. The van der Waals surface area contributed by atoms with E-state index in [1.165, 1.54) is 0 Å². The fourth-order valence-corrected chi connectivity index (χ4v) is 2.43. The summed E-state index contributed by atoms with van der Waals surface area (Å²) in [6, 6.07) is 9.01. The van der Waals surface area contributed by atoms with Crippen molar-refractivity contribution in [1.29, 1.82) is 0 Å². The van der Waals surface area contributed by atoms with E-state index < -0.39 is 34.8 Å². The van der Waals surface area contributed by atoms with Crippen LogP contribution in [0.2, 0.25) is 0 Å². The molecule has 1 amide bonds. The van der Waals surface area contributed by atoms with Crippen LogP contribution in [-0.2, 0) is 4.79 Å². The Morgan fingerprint density at radius 3 is 2.50 bits per heavy atom. The molecule has 1 aliphatic heterocycles. The van der Waals surface area contributed by atoms with Gasteiger partial charge < -0.3 is 5.32 Å². The van der Waals surface area contributed by atoms with Gasteiger partial charge in [0.15, 0.2) is 11.6 Å². The van der Waals surface area contributed by atoms with E-state index in [0.717, 1.165) is 12.4 Å². The van der Waals surface area contributed by atoms with Crippen LogP contribution < -0.4 is 5.32 Å². The van der Waals surface area contributed by atoms with Gasteiger partial charge in [0.1, 0.15) is 5.82 Å². The first-order chi connectivity index (χ1) is 10.6. The van der Waals surface area contributed by atoms with E-state index in [9.17, 15) is 18.0 Å². The number of nitrogens with one attached hydrogen (secondary N) is 1. The first-order valence-electron chi connectivity index (χ1n) is 6.61. The fourth-order valence-electron chi connectivity index (χ4n) is 2.43. The van der Waals surface area contributed by atoms with Gasteiger partial charge in [0.25, 0.3) is 0 Å². The second-order valence-electron chi connectivity index (χ2n) is 4.87. The molecule has 1 unspecified atom stereocenters. The lowest BCUT2D eigenvalue weighted by atomic mass is 9.92. The summed E-state index contributed by atoms with van der Waals surface area (Å²) < 4.78 is 42.7. The molecule has 2 aromatic carbocycles. The first-order valence-corrected chi connectivity index (χ1v) is 6.61. The zero-order valence-corrected chi connectivity index (χ0v) is 11.3. The molecule has 0 aromatic heterocycles. The summed E-state index contributed by atoms with van der Waals surface area (Å²) in [5, 5.41) is 2.28. The zero-order valence-electron chi connectivity index (χ0n) is 11.3. The summed E-state index contributed by atoms with van der Waals surface area (Å²) in [4.78, 5) is 15.6. The van der Waals surface area contributed by atoms with Crippen molar-refractivity contribution >= 4 is 12.2 Å². The second kappa shape index (κ2) is 5.63. The Labute approximate surface area is 124 Å². The minimum atomic E-state index is -1.35. The molecule has 112 valence electrons. The third-order valence-electron chi connectivity index (χ3n) is 3.53. The minimum absolute atomic E-state index is 0.0862. The molecule has 2 aromatic rings. The van der Waals surface area contributed by atoms with Gasteiger partial charge in [-0.05, 0) is 11.6 Å². The Kier molecular flexibility index (Phi) is 3.66. The molecule has 0 fully saturated rings. The van der Waals surface area contributed by atoms with Gasteiger partial charge in [0.2, 0.25) is 5.91 Å². The van der Waals surface area contributed by atoms with Crippen LogP contribution in [0.4, 0.5) is 13.2 Å². The molecular formula is C16H11F3N2O. The highest BCUT2D eigenvalue weighted by Gasteiger charge is 2.31. The van der Waals surface area contributed by atoms with Gasteiger partial charge in [-0.1, -0.05) is 30.3 Å². The maximum absolute atomic E-state index is 14.7. The molecule has 0 saturated carbocycles. The summed E-state index contributed by atoms with van der Waals surface area (Å²) in [5.41, 5.74) is -0.273. The Morgan fingerprint density at radius 1 is 1.09 bits per heavy atom. The molecule has 0 spiro atoms. The molecule has 6 heteroatoms. The predicted molar refractivity (Wildman–Crippen MR) is 76.0 cm³/mol. The molecule has 0 radical (unpaired) electrons. The van der Waals surface area contributed by atoms with Crippen LogP contribution >= 0.6 is 0 Å². The molecule has 1 N–H and O–H groups in total. The SMILES string of the molecule is O=C1NC=NCC1c1c(F)c(F)cc(-c2ccccc2)c1F. The lowest BCUT2D eigenvalue weighted by Crippen LogP contribution is -2.35. The molecular weight excluding hydrogens is 293 g/mol. The van der Waals surface area contributed by atoms with Crippen molar-refractivity contribution in [3.05, 3.63) is 59.4 Å². The third-order valence-corrected chi connectivity index (χ3v) is 3.53. The lowest BCUT2D eigenvalue weighted by Gasteiger charge is -2.20. The van der Waals surface area contributed by atoms with Crippen LogP contribution in [-0.4, -0.2) is 18.8 Å². The molecule has 3 nitrogen and oxygen atoms in total. The molecule has 0 saturated heterocycles. The maximum atomic E-state index is 14.7. The smallest absolute Gasteiger partial charge is 0.234 e. The van der Waals surface area contributed by atoms with Gasteiger partial charge in [-0.25, -0.2) is 13.2 Å². The van der Waals surface area contributed by atoms with Crippen molar-refractivity contribution in [2.24, 2.45) is 4.99 Å². The Morgan fingerprint density at radius 2 is 1.82 bits per heavy atom. The Bertz CT molecular complexity index is 760. The van der Waals surface area contributed by atoms with E-state index in [4.69, 9.17) is 0 Å². The van der Waals surface area contributed by atoms with Crippen LogP contribution in [0.3, 0.4) is 0 Å². The number of rotatable bonds is 2. The predicted octanol–water partition coefficient (Wildman–Crippen LogP) is 3.01. The summed E-state index contributed by atoms with van der Waals surface area (Å²) in [5.74, 6) is -5.30. The van der Waals surface area contributed by atoms with Gasteiger partial charge in [-0.3, -0.25) is 9.79 Å². The first kappa shape index (κ1) is 14.3. The summed E-state index contributed by atoms with van der Waals surface area (Å²) >= 11 is 0. The maximum Gasteiger partial charge on any atom is 0.234 e. The van der Waals surface area contributed by atoms with E-state index in [-0.39, 0.29) is 12.1 Å². The number of carbonyl (C=O) groups excluding carboxylic acids is 1. The summed E-state index contributed by atoms with van der Waals surface area (Å²) in [6.07, 6.45) is 1.16. The highest BCUT2D eigenvalue weighted by Crippen LogP contribution is 2.33. The van der Waals surface area contributed by atoms with Crippen LogP contribution in [0.1, 0.15) is 11.5 Å². The Hall–Kier alpha value is -2.63. The Balaban J connectivity index is 2.20. The third kappa shape index (κ3) is 2.36. The van der Waals surface area contributed by atoms with Gasteiger partial charge in [0, 0.05) is 11.1 Å². The normalized spacial score (nSPS) is 17.4. The highest BCUT2D eigenvalue weighted by molar-refractivity contribution is 5.94. The molecule has 1 aliphatic rings. The number of aliphatic imine (C=N–C) groups is 1. The number of halogens is 3. The average molecular weight is 304 g/mol. The van der Waals surface area contributed by atoms with Crippen molar-refractivity contribution in [2.45, 2.75) is 5.92 Å². The number of benzene rings is 2. The van der Waals surface area contributed by atoms with Crippen molar-refractivity contribution in [1.82, 2.24) is 5.32 Å². The van der Waals surface area contributed by atoms with Gasteiger partial charge in [-0.2, -0.15) is 0 Å². The monoisotopic (exact) mass is 304 g/mol. The van der Waals surface area contributed by atoms with E-state index in [2.05, 4.69) is 10.3 Å². The molecule has 22 heavy (non-hydrogen) atoms. The second-order valence-corrected chi connectivity index (χ2v) is 4.87. The number of amides is 1. The highest BCUT2D eigenvalue weighted by atomic mass is 19.2. The quantitative estimate of drug-likeness (QED) is 0.851. The van der Waals surface area contributed by atoms with Crippen LogP contribution in [0.25, 0.3) is 11.1 Å². The van der Waals surface area contributed by atoms with Gasteiger partial charge >= 0.3 is 0 Å². The average Bonchev–Trinajstić information content (AvgIpc) is 2.54. The van der Waals surface area contributed by atoms with Crippen LogP contribution in [0.15, 0.2) is 41.4 Å². The van der Waals surface area contributed by atoms with E-state index in [1.54, 1.807) is 30.3 Å². The van der Waals surface area contributed by atoms with Crippen LogP contribution in [0, 0.1) is 17.5 Å². The van der Waals surface area contributed by atoms with Crippen LogP contribution in [0.5, 0.6) is 0 Å². The standard InChI is InChI=1S/C16H11F3N2O/c17-12-6-10(9-4-2-1-3-5-9)14(18)13(15(12)19)11-7-20-8-21-16(11)22/h1-6,8,11H,7H2,(H,20,21,22). The number of hydrogen-bond acceptors (Lipinski definition) is 2. The number of carbonyl (C=O) groups is 1.